The van der Waals surface area contributed by atoms with Crippen molar-refractivity contribution in [1.29, 1.82) is 0 Å². The van der Waals surface area contributed by atoms with Crippen LogP contribution in [0.3, 0.4) is 0 Å². The first kappa shape index (κ1) is 11.3. The normalized spacial score (nSPS) is 19.3. The molecule has 3 heterocycles. The highest BCUT2D eigenvalue weighted by Gasteiger charge is 2.15. The molecule has 0 spiro atoms. The molecular weight excluding hydrogens is 228 g/mol. The summed E-state index contributed by atoms with van der Waals surface area (Å²) in [5.41, 5.74) is 1.67. The van der Waals surface area contributed by atoms with Crippen molar-refractivity contribution < 1.29 is 0 Å². The molecule has 1 aliphatic heterocycles. The van der Waals surface area contributed by atoms with E-state index in [-0.39, 0.29) is 0 Å². The van der Waals surface area contributed by atoms with E-state index < -0.39 is 0 Å². The number of rotatable bonds is 3. The van der Waals surface area contributed by atoms with Crippen LogP contribution in [0.5, 0.6) is 0 Å². The molecule has 0 bridgehead atoms. The number of aromatic nitrogens is 5. The van der Waals surface area contributed by atoms with Crippen LogP contribution >= 0.6 is 0 Å². The lowest BCUT2D eigenvalue weighted by molar-refractivity contribution is 0.466. The van der Waals surface area contributed by atoms with Gasteiger partial charge in [0.2, 0.25) is 0 Å². The molecule has 0 saturated carbocycles. The Balaban J connectivity index is 1.76. The van der Waals surface area contributed by atoms with Gasteiger partial charge in [-0.1, -0.05) is 5.21 Å². The van der Waals surface area contributed by atoms with Crippen LogP contribution in [0.1, 0.15) is 18.5 Å². The molecule has 2 aromatic heterocycles. The first-order valence-electron chi connectivity index (χ1n) is 6.25. The summed E-state index contributed by atoms with van der Waals surface area (Å²) in [6.45, 7) is 3.91. The number of nitrogens with zero attached hydrogens (tertiary/aromatic N) is 5. The Labute approximate surface area is 105 Å². The van der Waals surface area contributed by atoms with Gasteiger partial charge in [-0.15, -0.1) is 5.10 Å². The Kier molecular flexibility index (Phi) is 3.02. The van der Waals surface area contributed by atoms with Crippen molar-refractivity contribution in [3.8, 4) is 11.5 Å². The van der Waals surface area contributed by atoms with Crippen molar-refractivity contribution in [2.75, 3.05) is 6.54 Å². The molecule has 3 rings (SSSR count). The third-order valence-electron chi connectivity index (χ3n) is 3.13. The largest absolute Gasteiger partial charge is 0.312 e. The third kappa shape index (κ3) is 2.38. The summed E-state index contributed by atoms with van der Waals surface area (Å²) in [6.07, 6.45) is 6.10. The van der Waals surface area contributed by atoms with Crippen molar-refractivity contribution in [2.24, 2.45) is 0 Å². The van der Waals surface area contributed by atoms with E-state index in [9.17, 15) is 0 Å². The van der Waals surface area contributed by atoms with E-state index in [0.29, 0.717) is 11.9 Å². The molecular formula is C12H16N6. The van der Waals surface area contributed by atoms with E-state index in [4.69, 9.17) is 0 Å². The number of hydrogen-bond acceptors (Lipinski definition) is 5. The van der Waals surface area contributed by atoms with Crippen molar-refractivity contribution in [3.63, 3.8) is 0 Å². The fourth-order valence-electron chi connectivity index (χ4n) is 2.20. The van der Waals surface area contributed by atoms with Gasteiger partial charge in [0.25, 0.3) is 0 Å². The second-order valence-electron chi connectivity index (χ2n) is 4.64. The fourth-order valence-corrected chi connectivity index (χ4v) is 2.20. The molecule has 2 aromatic rings. The van der Waals surface area contributed by atoms with Gasteiger partial charge in [-0.25, -0.2) is 9.97 Å². The van der Waals surface area contributed by atoms with Crippen molar-refractivity contribution in [1.82, 2.24) is 30.3 Å². The zero-order valence-corrected chi connectivity index (χ0v) is 10.4. The van der Waals surface area contributed by atoms with E-state index in [1.54, 1.807) is 6.20 Å². The average Bonchev–Trinajstić information content (AvgIpc) is 3.01. The molecule has 1 N–H and O–H groups in total. The Morgan fingerprint density at radius 2 is 2.44 bits per heavy atom. The summed E-state index contributed by atoms with van der Waals surface area (Å²) < 4.78 is 1.87. The lowest BCUT2D eigenvalue weighted by Crippen LogP contribution is -2.26. The Hall–Kier alpha value is -1.82. The smallest absolute Gasteiger partial charge is 0.181 e. The Bertz CT molecular complexity index is 529. The van der Waals surface area contributed by atoms with Crippen LogP contribution in [-0.4, -0.2) is 37.5 Å². The molecule has 1 unspecified atom stereocenters. The Morgan fingerprint density at radius 1 is 1.50 bits per heavy atom. The quantitative estimate of drug-likeness (QED) is 0.864. The van der Waals surface area contributed by atoms with E-state index in [1.165, 1.54) is 12.8 Å². The van der Waals surface area contributed by atoms with Gasteiger partial charge in [-0.05, 0) is 32.4 Å². The molecule has 1 saturated heterocycles. The van der Waals surface area contributed by atoms with Gasteiger partial charge >= 0.3 is 0 Å². The molecule has 6 nitrogen and oxygen atoms in total. The highest BCUT2D eigenvalue weighted by molar-refractivity contribution is 5.46. The molecule has 0 aromatic carbocycles. The predicted octanol–water partition coefficient (Wildman–Crippen LogP) is 0.796. The predicted molar refractivity (Wildman–Crippen MR) is 66.8 cm³/mol. The second kappa shape index (κ2) is 4.81. The molecule has 94 valence electrons. The lowest BCUT2D eigenvalue weighted by atomic mass is 10.2. The first-order chi connectivity index (χ1) is 8.81. The topological polar surface area (TPSA) is 68.5 Å². The van der Waals surface area contributed by atoms with Crippen LogP contribution in [-0.2, 0) is 6.54 Å². The maximum Gasteiger partial charge on any atom is 0.181 e. The standard InChI is InChI=1S/C12H16N6/c1-9-4-6-14-12(15-9)11-8-18(17-16-11)7-10-3-2-5-13-10/h4,6,8,10,13H,2-3,5,7H2,1H3. The molecule has 18 heavy (non-hydrogen) atoms. The summed E-state index contributed by atoms with van der Waals surface area (Å²) >= 11 is 0. The minimum absolute atomic E-state index is 0.512. The van der Waals surface area contributed by atoms with E-state index in [0.717, 1.165) is 24.5 Å². The minimum atomic E-state index is 0.512. The van der Waals surface area contributed by atoms with Crippen molar-refractivity contribution in [3.05, 3.63) is 24.2 Å². The van der Waals surface area contributed by atoms with Crippen molar-refractivity contribution >= 4 is 0 Å². The van der Waals surface area contributed by atoms with Crippen LogP contribution in [0.2, 0.25) is 0 Å². The molecule has 1 aliphatic rings. The molecule has 0 radical (unpaired) electrons. The fraction of sp³-hybridized carbons (Fsp3) is 0.500. The maximum atomic E-state index is 4.35. The summed E-state index contributed by atoms with van der Waals surface area (Å²) in [5.74, 6) is 0.639. The number of nitrogens with one attached hydrogen (secondary N) is 1. The van der Waals surface area contributed by atoms with Crippen LogP contribution in [0.15, 0.2) is 18.5 Å². The highest BCUT2D eigenvalue weighted by Crippen LogP contribution is 2.12. The highest BCUT2D eigenvalue weighted by atomic mass is 15.4. The van der Waals surface area contributed by atoms with Crippen LogP contribution in [0.25, 0.3) is 11.5 Å². The van der Waals surface area contributed by atoms with Crippen LogP contribution in [0.4, 0.5) is 0 Å². The zero-order chi connectivity index (χ0) is 12.4. The Morgan fingerprint density at radius 3 is 3.22 bits per heavy atom. The molecule has 0 aliphatic carbocycles. The van der Waals surface area contributed by atoms with Gasteiger partial charge in [0, 0.05) is 17.9 Å². The summed E-state index contributed by atoms with van der Waals surface area (Å²) in [7, 11) is 0. The molecule has 1 fully saturated rings. The third-order valence-corrected chi connectivity index (χ3v) is 3.13. The first-order valence-corrected chi connectivity index (χ1v) is 6.25. The second-order valence-corrected chi connectivity index (χ2v) is 4.64. The van der Waals surface area contributed by atoms with Gasteiger partial charge < -0.3 is 5.32 Å². The van der Waals surface area contributed by atoms with Gasteiger partial charge in [0.1, 0.15) is 5.69 Å². The maximum absolute atomic E-state index is 4.35. The zero-order valence-electron chi connectivity index (χ0n) is 10.4. The van der Waals surface area contributed by atoms with Gasteiger partial charge in [0.15, 0.2) is 5.82 Å². The van der Waals surface area contributed by atoms with Gasteiger partial charge in [-0.3, -0.25) is 4.68 Å². The number of hydrogen-bond donors (Lipinski definition) is 1. The van der Waals surface area contributed by atoms with E-state index >= 15 is 0 Å². The van der Waals surface area contributed by atoms with E-state index in [1.807, 2.05) is 23.9 Å². The number of aryl methyl sites for hydroxylation is 1. The molecule has 6 heteroatoms. The van der Waals surface area contributed by atoms with E-state index in [2.05, 4.69) is 25.6 Å². The molecule has 1 atom stereocenters. The average molecular weight is 244 g/mol. The van der Waals surface area contributed by atoms with Gasteiger partial charge in [-0.2, -0.15) is 0 Å². The van der Waals surface area contributed by atoms with Crippen LogP contribution < -0.4 is 5.32 Å². The van der Waals surface area contributed by atoms with Crippen LogP contribution in [0, 0.1) is 6.92 Å². The monoisotopic (exact) mass is 244 g/mol. The van der Waals surface area contributed by atoms with Crippen molar-refractivity contribution in [2.45, 2.75) is 32.4 Å². The minimum Gasteiger partial charge on any atom is -0.312 e. The lowest BCUT2D eigenvalue weighted by Gasteiger charge is -2.08. The summed E-state index contributed by atoms with van der Waals surface area (Å²) in [5, 5.41) is 11.7. The van der Waals surface area contributed by atoms with Gasteiger partial charge in [0.05, 0.1) is 12.7 Å². The summed E-state index contributed by atoms with van der Waals surface area (Å²) in [6, 6.07) is 2.38. The molecule has 0 amide bonds. The SMILES string of the molecule is Cc1ccnc(-c2cn(CC3CCCN3)nn2)n1. The summed E-state index contributed by atoms with van der Waals surface area (Å²) in [4.78, 5) is 8.56.